The van der Waals surface area contributed by atoms with E-state index in [-0.39, 0.29) is 0 Å². The van der Waals surface area contributed by atoms with Crippen LogP contribution in [0.4, 0.5) is 5.82 Å². The van der Waals surface area contributed by atoms with Crippen molar-refractivity contribution < 1.29 is 5.11 Å². The lowest BCUT2D eigenvalue weighted by Crippen LogP contribution is -2.32. The number of aromatic nitrogens is 4. The molecule has 25 heavy (non-hydrogen) atoms. The van der Waals surface area contributed by atoms with Crippen molar-refractivity contribution in [2.45, 2.75) is 70.9 Å². The third-order valence-electron chi connectivity index (χ3n) is 5.04. The fourth-order valence-electron chi connectivity index (χ4n) is 3.51. The third-order valence-corrected chi connectivity index (χ3v) is 5.04. The molecule has 2 N–H and O–H groups in total. The van der Waals surface area contributed by atoms with Crippen LogP contribution in [0.15, 0.2) is 12.7 Å². The molecule has 134 valence electrons. The molecule has 0 aliphatic heterocycles. The molecule has 2 unspecified atom stereocenters. The minimum absolute atomic E-state index is 0.360. The quantitative estimate of drug-likeness (QED) is 0.835. The van der Waals surface area contributed by atoms with Crippen LogP contribution in [-0.4, -0.2) is 36.3 Å². The summed E-state index contributed by atoms with van der Waals surface area (Å²) in [7, 11) is 0. The molecule has 1 aliphatic carbocycles. The number of nitrogens with zero attached hydrogens (tertiary/aromatic N) is 4. The van der Waals surface area contributed by atoms with Gasteiger partial charge >= 0.3 is 0 Å². The lowest BCUT2D eigenvalue weighted by Gasteiger charge is -2.30. The van der Waals surface area contributed by atoms with Crippen LogP contribution in [0.5, 0.6) is 0 Å². The van der Waals surface area contributed by atoms with Crippen LogP contribution in [0.3, 0.4) is 0 Å². The first-order valence-electron chi connectivity index (χ1n) is 9.24. The molecule has 0 spiro atoms. The van der Waals surface area contributed by atoms with Gasteiger partial charge in [-0.1, -0.05) is 27.2 Å². The van der Waals surface area contributed by atoms with Crippen LogP contribution in [0.2, 0.25) is 0 Å². The summed E-state index contributed by atoms with van der Waals surface area (Å²) in [4.78, 5) is 13.1. The van der Waals surface area contributed by atoms with Crippen molar-refractivity contribution in [1.29, 1.82) is 0 Å². The SMILES string of the molecule is CCC(CC)Nc1ncnc2c1ncn2C#CC1(O)CCCC(C)C1. The van der Waals surface area contributed by atoms with Gasteiger partial charge in [0.25, 0.3) is 0 Å². The summed E-state index contributed by atoms with van der Waals surface area (Å²) in [5.74, 6) is 4.30. The average molecular weight is 341 g/mol. The first kappa shape index (κ1) is 17.7. The van der Waals surface area contributed by atoms with E-state index < -0.39 is 5.60 Å². The van der Waals surface area contributed by atoms with Crippen LogP contribution >= 0.6 is 0 Å². The summed E-state index contributed by atoms with van der Waals surface area (Å²) in [6, 6.07) is 3.40. The van der Waals surface area contributed by atoms with E-state index in [1.165, 1.54) is 6.33 Å². The molecule has 2 aromatic heterocycles. The van der Waals surface area contributed by atoms with Gasteiger partial charge in [-0.3, -0.25) is 0 Å². The van der Waals surface area contributed by atoms with Gasteiger partial charge in [-0.2, -0.15) is 0 Å². The highest BCUT2D eigenvalue weighted by Crippen LogP contribution is 2.31. The fraction of sp³-hybridized carbons (Fsp3) is 0.632. The summed E-state index contributed by atoms with van der Waals surface area (Å²) in [6.07, 6.45) is 8.86. The second-order valence-corrected chi connectivity index (χ2v) is 7.14. The van der Waals surface area contributed by atoms with E-state index in [1.807, 2.05) is 0 Å². The normalized spacial score (nSPS) is 23.5. The van der Waals surface area contributed by atoms with Crippen molar-refractivity contribution >= 4 is 17.0 Å². The molecule has 0 saturated heterocycles. The monoisotopic (exact) mass is 341 g/mol. The first-order chi connectivity index (χ1) is 12.0. The Morgan fingerprint density at radius 3 is 2.88 bits per heavy atom. The maximum Gasteiger partial charge on any atom is 0.177 e. The summed E-state index contributed by atoms with van der Waals surface area (Å²) in [6.45, 7) is 6.46. The van der Waals surface area contributed by atoms with Crippen LogP contribution in [0.1, 0.15) is 59.3 Å². The largest absolute Gasteiger partial charge is 0.378 e. The molecule has 0 radical (unpaired) electrons. The van der Waals surface area contributed by atoms with Crippen molar-refractivity contribution in [1.82, 2.24) is 19.5 Å². The van der Waals surface area contributed by atoms with Crippen LogP contribution in [-0.2, 0) is 0 Å². The Morgan fingerprint density at radius 1 is 1.36 bits per heavy atom. The average Bonchev–Trinajstić information content (AvgIpc) is 3.02. The standard InChI is InChI=1S/C19H27N5O/c1-4-15(5-2)23-17-16-18(21-12-20-17)24(13-22-16)10-9-19(25)8-6-7-14(3)11-19/h12-15,25H,4-8,11H2,1-3H3,(H,20,21,23). The zero-order valence-corrected chi connectivity index (χ0v) is 15.3. The topological polar surface area (TPSA) is 75.9 Å². The number of imidazole rings is 1. The number of hydrogen-bond donors (Lipinski definition) is 2. The van der Waals surface area contributed by atoms with Crippen molar-refractivity contribution in [3.8, 4) is 12.0 Å². The smallest absolute Gasteiger partial charge is 0.177 e. The molecule has 1 aliphatic rings. The molecule has 0 aromatic carbocycles. The van der Waals surface area contributed by atoms with E-state index in [4.69, 9.17) is 0 Å². The van der Waals surface area contributed by atoms with Crippen LogP contribution in [0.25, 0.3) is 11.2 Å². The zero-order valence-electron chi connectivity index (χ0n) is 15.3. The maximum atomic E-state index is 10.7. The zero-order chi connectivity index (χ0) is 17.9. The highest BCUT2D eigenvalue weighted by Gasteiger charge is 2.30. The van der Waals surface area contributed by atoms with Gasteiger partial charge in [0, 0.05) is 12.1 Å². The Kier molecular flexibility index (Phi) is 5.24. The summed E-state index contributed by atoms with van der Waals surface area (Å²) in [5.41, 5.74) is 0.480. The molecular weight excluding hydrogens is 314 g/mol. The van der Waals surface area contributed by atoms with Crippen LogP contribution < -0.4 is 5.32 Å². The van der Waals surface area contributed by atoms with E-state index in [9.17, 15) is 5.11 Å². The minimum atomic E-state index is -0.905. The Morgan fingerprint density at radius 2 is 2.16 bits per heavy atom. The number of nitrogens with one attached hydrogen (secondary N) is 1. The maximum absolute atomic E-state index is 10.7. The van der Waals surface area contributed by atoms with Gasteiger partial charge in [0.15, 0.2) is 17.0 Å². The summed E-state index contributed by atoms with van der Waals surface area (Å²) >= 11 is 0. The van der Waals surface area contributed by atoms with Gasteiger partial charge < -0.3 is 10.4 Å². The number of fused-ring (bicyclic) bond motifs is 1. The summed E-state index contributed by atoms with van der Waals surface area (Å²) in [5, 5.41) is 14.1. The van der Waals surface area contributed by atoms with Gasteiger partial charge in [-0.05, 0) is 43.9 Å². The van der Waals surface area contributed by atoms with E-state index in [2.05, 4.69) is 53.0 Å². The second kappa shape index (κ2) is 7.40. The van der Waals surface area contributed by atoms with Gasteiger partial charge in [0.05, 0.1) is 0 Å². The molecule has 2 atom stereocenters. The molecule has 0 bridgehead atoms. The molecule has 2 heterocycles. The lowest BCUT2D eigenvalue weighted by molar-refractivity contribution is 0.0409. The Hall–Kier alpha value is -2.13. The van der Waals surface area contributed by atoms with Crippen molar-refractivity contribution in [3.63, 3.8) is 0 Å². The highest BCUT2D eigenvalue weighted by molar-refractivity contribution is 5.83. The Balaban J connectivity index is 1.88. The van der Waals surface area contributed by atoms with Crippen molar-refractivity contribution in [2.24, 2.45) is 5.92 Å². The van der Waals surface area contributed by atoms with E-state index >= 15 is 0 Å². The van der Waals surface area contributed by atoms with E-state index in [1.54, 1.807) is 10.9 Å². The third kappa shape index (κ3) is 3.93. The number of anilines is 1. The highest BCUT2D eigenvalue weighted by atomic mass is 16.3. The number of rotatable bonds is 4. The van der Waals surface area contributed by atoms with E-state index in [0.717, 1.165) is 44.3 Å². The Bertz CT molecular complexity index is 786. The van der Waals surface area contributed by atoms with Crippen molar-refractivity contribution in [3.05, 3.63) is 12.7 Å². The molecule has 6 heteroatoms. The van der Waals surface area contributed by atoms with Gasteiger partial charge in [-0.15, -0.1) is 0 Å². The predicted octanol–water partition coefficient (Wildman–Crippen LogP) is 3.18. The number of hydrogen-bond acceptors (Lipinski definition) is 5. The summed E-state index contributed by atoms with van der Waals surface area (Å²) < 4.78 is 1.69. The minimum Gasteiger partial charge on any atom is -0.378 e. The lowest BCUT2D eigenvalue weighted by atomic mass is 9.79. The Labute approximate surface area is 149 Å². The molecule has 6 nitrogen and oxygen atoms in total. The molecule has 2 aromatic rings. The van der Waals surface area contributed by atoms with Gasteiger partial charge in [0.1, 0.15) is 18.3 Å². The predicted molar refractivity (Wildman–Crippen MR) is 99.1 cm³/mol. The molecule has 1 saturated carbocycles. The number of aliphatic hydroxyl groups is 1. The van der Waals surface area contributed by atoms with Gasteiger partial charge in [-0.25, -0.2) is 19.5 Å². The van der Waals surface area contributed by atoms with Crippen molar-refractivity contribution in [2.75, 3.05) is 5.32 Å². The molecular formula is C19H27N5O. The molecule has 0 amide bonds. The fourth-order valence-corrected chi connectivity index (χ4v) is 3.51. The van der Waals surface area contributed by atoms with E-state index in [0.29, 0.717) is 23.1 Å². The van der Waals surface area contributed by atoms with Crippen LogP contribution in [0, 0.1) is 17.9 Å². The second-order valence-electron chi connectivity index (χ2n) is 7.14. The molecule has 1 fully saturated rings. The molecule has 3 rings (SSSR count). The first-order valence-corrected chi connectivity index (χ1v) is 9.24. The van der Waals surface area contributed by atoms with Gasteiger partial charge in [0.2, 0.25) is 0 Å².